The zero-order chi connectivity index (χ0) is 19.6. The predicted molar refractivity (Wildman–Crippen MR) is 122 cm³/mol. The Kier molecular flexibility index (Phi) is 10.8. The van der Waals surface area contributed by atoms with Gasteiger partial charge < -0.3 is 20.1 Å². The van der Waals surface area contributed by atoms with Gasteiger partial charge in [-0.1, -0.05) is 24.3 Å². The average Bonchev–Trinajstić information content (AvgIpc) is 2.66. The summed E-state index contributed by atoms with van der Waals surface area (Å²) in [7, 11) is 3.26. The molecule has 0 saturated carbocycles. The van der Waals surface area contributed by atoms with Gasteiger partial charge in [-0.25, -0.2) is 4.39 Å². The van der Waals surface area contributed by atoms with Gasteiger partial charge in [0.2, 0.25) is 0 Å². The fraction of sp³-hybridized carbons (Fsp3) is 0.381. The number of aryl methyl sites for hydroxylation is 1. The number of benzene rings is 2. The van der Waals surface area contributed by atoms with Crippen molar-refractivity contribution in [3.8, 4) is 5.75 Å². The maximum Gasteiger partial charge on any atom is 0.191 e. The number of nitrogens with one attached hydrogen (secondary N) is 2. The van der Waals surface area contributed by atoms with Gasteiger partial charge in [0.25, 0.3) is 0 Å². The van der Waals surface area contributed by atoms with E-state index in [1.165, 1.54) is 6.07 Å². The number of aliphatic imine (C=N–C) groups is 1. The lowest BCUT2D eigenvalue weighted by molar-refractivity contribution is 0.181. The van der Waals surface area contributed by atoms with E-state index in [-0.39, 0.29) is 42.5 Å². The Balaban J connectivity index is 0.00000392. The fourth-order valence-corrected chi connectivity index (χ4v) is 2.60. The molecule has 7 heteroatoms. The Morgan fingerprint density at radius 2 is 1.93 bits per heavy atom. The molecule has 1 unspecified atom stereocenters. The van der Waals surface area contributed by atoms with Gasteiger partial charge in [0, 0.05) is 26.3 Å². The van der Waals surface area contributed by atoms with Crippen molar-refractivity contribution in [2.45, 2.75) is 33.1 Å². The third-order valence-corrected chi connectivity index (χ3v) is 4.07. The van der Waals surface area contributed by atoms with Crippen LogP contribution < -0.4 is 15.4 Å². The summed E-state index contributed by atoms with van der Waals surface area (Å²) in [5.41, 5.74) is 2.60. The number of halogens is 2. The molecule has 1 atom stereocenters. The predicted octanol–water partition coefficient (Wildman–Crippen LogP) is 4.03. The molecule has 2 aromatic rings. The van der Waals surface area contributed by atoms with Crippen LogP contribution in [0, 0.1) is 12.7 Å². The van der Waals surface area contributed by atoms with E-state index in [1.54, 1.807) is 26.3 Å². The van der Waals surface area contributed by atoms with Gasteiger partial charge in [-0.15, -0.1) is 24.0 Å². The molecular weight excluding hydrogens is 472 g/mol. The van der Waals surface area contributed by atoms with Crippen molar-refractivity contribution in [3.05, 3.63) is 65.0 Å². The summed E-state index contributed by atoms with van der Waals surface area (Å²) in [6.45, 7) is 5.41. The summed E-state index contributed by atoms with van der Waals surface area (Å²) in [4.78, 5) is 4.22. The molecule has 2 rings (SSSR count). The maximum atomic E-state index is 13.7. The first kappa shape index (κ1) is 24.2. The number of nitrogens with zero attached hydrogens (tertiary/aromatic N) is 1. The lowest BCUT2D eigenvalue weighted by atomic mass is 10.1. The number of methoxy groups -OCH3 is 1. The Labute approximate surface area is 183 Å². The molecule has 0 fully saturated rings. The van der Waals surface area contributed by atoms with E-state index in [9.17, 15) is 4.39 Å². The molecule has 2 N–H and O–H groups in total. The van der Waals surface area contributed by atoms with Crippen molar-refractivity contribution in [2.24, 2.45) is 4.99 Å². The van der Waals surface area contributed by atoms with E-state index in [0.29, 0.717) is 24.6 Å². The minimum Gasteiger partial charge on any atom is -0.489 e. The molecule has 28 heavy (non-hydrogen) atoms. The third kappa shape index (κ3) is 7.63. The van der Waals surface area contributed by atoms with Crippen molar-refractivity contribution in [1.29, 1.82) is 0 Å². The molecule has 0 bridgehead atoms. The van der Waals surface area contributed by atoms with Crippen LogP contribution in [-0.4, -0.2) is 32.8 Å². The lowest BCUT2D eigenvalue weighted by Gasteiger charge is -2.19. The number of ether oxygens (including phenoxy) is 2. The molecular formula is C21H29FIN3O2. The summed E-state index contributed by atoms with van der Waals surface area (Å²) in [6.07, 6.45) is -0.0243. The molecule has 2 aromatic carbocycles. The highest BCUT2D eigenvalue weighted by atomic mass is 127. The number of para-hydroxylation sites is 1. The molecule has 154 valence electrons. The van der Waals surface area contributed by atoms with Crippen LogP contribution in [0.3, 0.4) is 0 Å². The normalized spacial score (nSPS) is 12.1. The quantitative estimate of drug-likeness (QED) is 0.326. The van der Waals surface area contributed by atoms with Crippen LogP contribution in [0.25, 0.3) is 0 Å². The second-order valence-electron chi connectivity index (χ2n) is 6.36. The van der Waals surface area contributed by atoms with E-state index < -0.39 is 0 Å². The molecule has 0 saturated heterocycles. The van der Waals surface area contributed by atoms with Crippen molar-refractivity contribution in [3.63, 3.8) is 0 Å². The summed E-state index contributed by atoms with van der Waals surface area (Å²) in [5.74, 6) is 1.28. The van der Waals surface area contributed by atoms with Crippen LogP contribution in [0.4, 0.5) is 4.39 Å². The molecule has 0 radical (unpaired) electrons. The number of guanidine groups is 1. The SMILES string of the molecule is CN=C(NCc1ccc(F)c(COC)c1)NCC(C)Oc1ccccc1C.I. The van der Waals surface area contributed by atoms with Crippen LogP contribution in [-0.2, 0) is 17.9 Å². The molecule has 0 aliphatic rings. The Morgan fingerprint density at radius 1 is 1.18 bits per heavy atom. The Hall–Kier alpha value is -1.87. The molecule has 0 heterocycles. The average molecular weight is 501 g/mol. The van der Waals surface area contributed by atoms with Gasteiger partial charge in [-0.3, -0.25) is 4.99 Å². The van der Waals surface area contributed by atoms with Gasteiger partial charge in [0.05, 0.1) is 13.2 Å². The van der Waals surface area contributed by atoms with Crippen molar-refractivity contribution in [1.82, 2.24) is 10.6 Å². The second-order valence-corrected chi connectivity index (χ2v) is 6.36. The third-order valence-electron chi connectivity index (χ3n) is 4.07. The molecule has 5 nitrogen and oxygen atoms in total. The highest BCUT2D eigenvalue weighted by Crippen LogP contribution is 2.17. The van der Waals surface area contributed by atoms with Crippen molar-refractivity contribution < 1.29 is 13.9 Å². The smallest absolute Gasteiger partial charge is 0.191 e. The summed E-state index contributed by atoms with van der Waals surface area (Å²) in [6, 6.07) is 12.9. The zero-order valence-electron chi connectivity index (χ0n) is 16.8. The summed E-state index contributed by atoms with van der Waals surface area (Å²) >= 11 is 0. The molecule has 0 aliphatic carbocycles. The van der Waals surface area contributed by atoms with E-state index >= 15 is 0 Å². The van der Waals surface area contributed by atoms with Crippen LogP contribution in [0.5, 0.6) is 5.75 Å². The molecule has 0 aromatic heterocycles. The van der Waals surface area contributed by atoms with Crippen molar-refractivity contribution >= 4 is 29.9 Å². The van der Waals surface area contributed by atoms with Gasteiger partial charge in [-0.2, -0.15) is 0 Å². The van der Waals surface area contributed by atoms with Crippen LogP contribution in [0.15, 0.2) is 47.5 Å². The maximum absolute atomic E-state index is 13.7. The Bertz CT molecular complexity index is 771. The highest BCUT2D eigenvalue weighted by molar-refractivity contribution is 14.0. The van der Waals surface area contributed by atoms with E-state index in [4.69, 9.17) is 9.47 Å². The first-order valence-electron chi connectivity index (χ1n) is 8.96. The van der Waals surface area contributed by atoms with Crippen LogP contribution in [0.2, 0.25) is 0 Å². The van der Waals surface area contributed by atoms with Gasteiger partial charge >= 0.3 is 0 Å². The number of rotatable bonds is 8. The van der Waals surface area contributed by atoms with Crippen LogP contribution >= 0.6 is 24.0 Å². The largest absolute Gasteiger partial charge is 0.489 e. The van der Waals surface area contributed by atoms with E-state index in [1.807, 2.05) is 38.1 Å². The molecule has 0 spiro atoms. The summed E-state index contributed by atoms with van der Waals surface area (Å²) < 4.78 is 24.7. The number of hydrogen-bond donors (Lipinski definition) is 2. The van der Waals surface area contributed by atoms with Gasteiger partial charge in [0.15, 0.2) is 5.96 Å². The monoisotopic (exact) mass is 501 g/mol. The first-order chi connectivity index (χ1) is 13.0. The standard InChI is InChI=1S/C21H28FN3O2.HI/c1-15-7-5-6-8-20(15)27-16(2)12-24-21(23-3)25-13-17-9-10-19(22)18(11-17)14-26-4;/h5-11,16H,12-14H2,1-4H3,(H2,23,24,25);1H. The number of hydrogen-bond acceptors (Lipinski definition) is 3. The highest BCUT2D eigenvalue weighted by Gasteiger charge is 2.08. The van der Waals surface area contributed by atoms with E-state index in [0.717, 1.165) is 16.9 Å². The fourth-order valence-electron chi connectivity index (χ4n) is 2.60. The van der Waals surface area contributed by atoms with E-state index in [2.05, 4.69) is 15.6 Å². The van der Waals surface area contributed by atoms with Crippen molar-refractivity contribution in [2.75, 3.05) is 20.7 Å². The van der Waals surface area contributed by atoms with Gasteiger partial charge in [-0.05, 0) is 43.2 Å². The van der Waals surface area contributed by atoms with Crippen LogP contribution in [0.1, 0.15) is 23.6 Å². The topological polar surface area (TPSA) is 54.9 Å². The van der Waals surface area contributed by atoms with Gasteiger partial charge in [0.1, 0.15) is 17.7 Å². The second kappa shape index (κ2) is 12.6. The Morgan fingerprint density at radius 3 is 2.61 bits per heavy atom. The minimum absolute atomic E-state index is 0. The summed E-state index contributed by atoms with van der Waals surface area (Å²) in [5, 5.41) is 6.47. The molecule has 0 aliphatic heterocycles. The lowest BCUT2D eigenvalue weighted by Crippen LogP contribution is -2.41. The zero-order valence-corrected chi connectivity index (χ0v) is 19.1. The molecule has 0 amide bonds. The first-order valence-corrected chi connectivity index (χ1v) is 8.96. The minimum atomic E-state index is -0.259.